The predicted molar refractivity (Wildman–Crippen MR) is 115 cm³/mol. The normalized spacial score (nSPS) is 16.4. The van der Waals surface area contributed by atoms with Crippen LogP contribution in [0.2, 0.25) is 5.02 Å². The summed E-state index contributed by atoms with van der Waals surface area (Å²) < 4.78 is 0. The molecule has 8 heteroatoms. The van der Waals surface area contributed by atoms with Crippen LogP contribution in [0.5, 0.6) is 0 Å². The number of hydrogen-bond donors (Lipinski definition) is 1. The topological polar surface area (TPSA) is 91.0 Å². The first kappa shape index (κ1) is 19.1. The quantitative estimate of drug-likeness (QED) is 0.641. The van der Waals surface area contributed by atoms with E-state index in [4.69, 9.17) is 16.9 Å². The van der Waals surface area contributed by atoms with Crippen molar-refractivity contribution >= 4 is 51.5 Å². The van der Waals surface area contributed by atoms with Crippen LogP contribution in [-0.4, -0.2) is 21.0 Å². The minimum Gasteiger partial charge on any atom is -0.301 e. The monoisotopic (exact) mass is 419 g/mol. The molecule has 0 atom stereocenters. The maximum atomic E-state index is 12.3. The Morgan fingerprint density at radius 2 is 2.17 bits per heavy atom. The molecule has 1 aliphatic rings. The molecule has 0 bridgehead atoms. The maximum absolute atomic E-state index is 12.3. The van der Waals surface area contributed by atoms with Crippen LogP contribution in [0, 0.1) is 18.3 Å². The highest BCUT2D eigenvalue weighted by atomic mass is 35.5. The Hall–Kier alpha value is -3.21. The lowest BCUT2D eigenvalue weighted by Crippen LogP contribution is -2.19. The predicted octanol–water partition coefficient (Wildman–Crippen LogP) is 4.22. The third kappa shape index (κ3) is 4.14. The Kier molecular flexibility index (Phi) is 5.30. The number of benzene rings is 1. The van der Waals surface area contributed by atoms with Gasteiger partial charge in [-0.15, -0.1) is 0 Å². The average molecular weight is 420 g/mol. The molecule has 3 aromatic rings. The largest absolute Gasteiger partial charge is 0.301 e. The van der Waals surface area contributed by atoms with Gasteiger partial charge in [0.15, 0.2) is 5.17 Å². The van der Waals surface area contributed by atoms with Gasteiger partial charge in [0.25, 0.3) is 5.91 Å². The standard InChI is InChI=1S/C21H14ClN5OS/c1-12-3-2-4-16(22)15(12)11-25-21-27-20(28)19(29-21)8-14-5-6-17-18(26-14)7-13(9-23)10-24-17/h2-8,10H,11H2,1H3,(H,25,27,28)/b19-8-. The van der Waals surface area contributed by atoms with E-state index in [9.17, 15) is 4.79 Å². The first-order valence-electron chi connectivity index (χ1n) is 8.70. The number of halogens is 1. The number of carbonyl (C=O) groups is 1. The first-order valence-corrected chi connectivity index (χ1v) is 9.89. The highest BCUT2D eigenvalue weighted by Crippen LogP contribution is 2.27. The van der Waals surface area contributed by atoms with Gasteiger partial charge in [0.2, 0.25) is 0 Å². The van der Waals surface area contributed by atoms with Gasteiger partial charge in [0.1, 0.15) is 6.07 Å². The molecule has 1 amide bonds. The fourth-order valence-electron chi connectivity index (χ4n) is 2.82. The number of pyridine rings is 2. The van der Waals surface area contributed by atoms with Crippen LogP contribution in [0.25, 0.3) is 17.1 Å². The van der Waals surface area contributed by atoms with Crippen LogP contribution < -0.4 is 5.32 Å². The number of thioether (sulfide) groups is 1. The summed E-state index contributed by atoms with van der Waals surface area (Å²) in [5.74, 6) is -0.226. The minimum atomic E-state index is -0.226. The molecule has 1 fully saturated rings. The molecule has 29 heavy (non-hydrogen) atoms. The summed E-state index contributed by atoms with van der Waals surface area (Å²) in [6, 6.07) is 13.0. The molecule has 0 aliphatic carbocycles. The molecule has 142 valence electrons. The second-order valence-corrected chi connectivity index (χ2v) is 7.77. The minimum absolute atomic E-state index is 0.226. The van der Waals surface area contributed by atoms with Crippen molar-refractivity contribution in [2.75, 3.05) is 0 Å². The molecule has 0 spiro atoms. The second-order valence-electron chi connectivity index (χ2n) is 6.33. The molecule has 1 N–H and O–H groups in total. The Labute approximate surface area is 176 Å². The molecule has 0 saturated carbocycles. The SMILES string of the molecule is Cc1cccc(Cl)c1CN=C1NC(=O)/C(=C/c2ccc3ncc(C#N)cc3n2)S1. The number of amides is 1. The highest BCUT2D eigenvalue weighted by molar-refractivity contribution is 8.18. The van der Waals surface area contributed by atoms with Crippen LogP contribution >= 0.6 is 23.4 Å². The molecule has 2 aromatic heterocycles. The summed E-state index contributed by atoms with van der Waals surface area (Å²) in [6.45, 7) is 2.36. The van der Waals surface area contributed by atoms with Crippen molar-refractivity contribution in [3.05, 3.63) is 74.9 Å². The van der Waals surface area contributed by atoms with Gasteiger partial charge < -0.3 is 5.32 Å². The second kappa shape index (κ2) is 8.03. The molecular weight excluding hydrogens is 406 g/mol. The Morgan fingerprint density at radius 3 is 2.97 bits per heavy atom. The Bertz CT molecular complexity index is 1230. The van der Waals surface area contributed by atoms with Gasteiger partial charge in [0.05, 0.1) is 33.7 Å². The molecule has 1 saturated heterocycles. The van der Waals surface area contributed by atoms with Gasteiger partial charge in [0, 0.05) is 11.2 Å². The van der Waals surface area contributed by atoms with E-state index in [2.05, 4.69) is 20.3 Å². The summed E-state index contributed by atoms with van der Waals surface area (Å²) in [7, 11) is 0. The van der Waals surface area contributed by atoms with Crippen molar-refractivity contribution in [2.45, 2.75) is 13.5 Å². The van der Waals surface area contributed by atoms with Crippen LogP contribution in [0.15, 0.2) is 52.5 Å². The number of aromatic nitrogens is 2. The lowest BCUT2D eigenvalue weighted by atomic mass is 10.1. The van der Waals surface area contributed by atoms with Crippen molar-refractivity contribution in [2.24, 2.45) is 4.99 Å². The molecule has 0 unspecified atom stereocenters. The zero-order valence-corrected chi connectivity index (χ0v) is 16.9. The number of aliphatic imine (C=N–C) groups is 1. The lowest BCUT2D eigenvalue weighted by Gasteiger charge is -2.05. The van der Waals surface area contributed by atoms with E-state index in [1.807, 2.05) is 37.3 Å². The van der Waals surface area contributed by atoms with Gasteiger partial charge in [-0.3, -0.25) is 14.8 Å². The first-order chi connectivity index (χ1) is 14.0. The number of fused-ring (bicyclic) bond motifs is 1. The molecule has 1 aromatic carbocycles. The number of hydrogen-bond acceptors (Lipinski definition) is 6. The summed E-state index contributed by atoms with van der Waals surface area (Å²) >= 11 is 7.50. The zero-order chi connectivity index (χ0) is 20.4. The number of rotatable bonds is 3. The van der Waals surface area contributed by atoms with E-state index < -0.39 is 0 Å². The zero-order valence-electron chi connectivity index (χ0n) is 15.3. The molecule has 1 aliphatic heterocycles. The van der Waals surface area contributed by atoms with Crippen molar-refractivity contribution in [1.82, 2.24) is 15.3 Å². The highest BCUT2D eigenvalue weighted by Gasteiger charge is 2.24. The number of nitrogens with zero attached hydrogens (tertiary/aromatic N) is 4. The molecular formula is C21H14ClN5OS. The van der Waals surface area contributed by atoms with E-state index in [-0.39, 0.29) is 5.91 Å². The van der Waals surface area contributed by atoms with Gasteiger partial charge in [-0.25, -0.2) is 4.98 Å². The number of nitrogens with one attached hydrogen (secondary N) is 1. The third-order valence-electron chi connectivity index (χ3n) is 4.35. The average Bonchev–Trinajstić information content (AvgIpc) is 3.06. The number of aryl methyl sites for hydroxylation is 1. The van der Waals surface area contributed by atoms with Crippen molar-refractivity contribution in [3.8, 4) is 6.07 Å². The van der Waals surface area contributed by atoms with Gasteiger partial charge in [-0.05, 0) is 60.2 Å². The molecule has 4 rings (SSSR count). The fourth-order valence-corrected chi connectivity index (χ4v) is 3.90. The van der Waals surface area contributed by atoms with E-state index in [1.54, 1.807) is 18.2 Å². The van der Waals surface area contributed by atoms with Gasteiger partial charge in [-0.2, -0.15) is 5.26 Å². The summed E-state index contributed by atoms with van der Waals surface area (Å²) in [5, 5.41) is 13.0. The van der Waals surface area contributed by atoms with Crippen LogP contribution in [0.1, 0.15) is 22.4 Å². The van der Waals surface area contributed by atoms with Gasteiger partial charge in [-0.1, -0.05) is 23.7 Å². The summed E-state index contributed by atoms with van der Waals surface area (Å²) in [4.78, 5) is 26.0. The lowest BCUT2D eigenvalue weighted by molar-refractivity contribution is -0.115. The van der Waals surface area contributed by atoms with Gasteiger partial charge >= 0.3 is 0 Å². The van der Waals surface area contributed by atoms with E-state index >= 15 is 0 Å². The van der Waals surface area contributed by atoms with Crippen LogP contribution in [-0.2, 0) is 11.3 Å². The maximum Gasteiger partial charge on any atom is 0.264 e. The van der Waals surface area contributed by atoms with E-state index in [0.717, 1.165) is 11.1 Å². The molecule has 0 radical (unpaired) electrons. The van der Waals surface area contributed by atoms with E-state index in [0.29, 0.717) is 43.9 Å². The molecule has 3 heterocycles. The van der Waals surface area contributed by atoms with Crippen molar-refractivity contribution in [1.29, 1.82) is 5.26 Å². The summed E-state index contributed by atoms with van der Waals surface area (Å²) in [5.41, 5.74) is 4.32. The van der Waals surface area contributed by atoms with Crippen LogP contribution in [0.3, 0.4) is 0 Å². The van der Waals surface area contributed by atoms with E-state index in [1.165, 1.54) is 18.0 Å². The number of carbonyl (C=O) groups excluding carboxylic acids is 1. The Morgan fingerprint density at radius 1 is 1.31 bits per heavy atom. The number of nitriles is 1. The van der Waals surface area contributed by atoms with Crippen LogP contribution in [0.4, 0.5) is 0 Å². The number of amidine groups is 1. The third-order valence-corrected chi connectivity index (χ3v) is 5.65. The smallest absolute Gasteiger partial charge is 0.264 e. The fraction of sp³-hybridized carbons (Fsp3) is 0.0952. The van der Waals surface area contributed by atoms with Crippen molar-refractivity contribution in [3.63, 3.8) is 0 Å². The Balaban J connectivity index is 1.57. The van der Waals surface area contributed by atoms with Crippen molar-refractivity contribution < 1.29 is 4.79 Å². The summed E-state index contributed by atoms with van der Waals surface area (Å²) in [6.07, 6.45) is 3.20. The molecule has 6 nitrogen and oxygen atoms in total.